The lowest BCUT2D eigenvalue weighted by molar-refractivity contribution is -0.152. The number of likely N-dealkylation sites (tertiary alicyclic amines) is 1. The topological polar surface area (TPSA) is 105 Å². The van der Waals surface area contributed by atoms with Crippen LogP contribution in [-0.2, 0) is 19.1 Å². The summed E-state index contributed by atoms with van der Waals surface area (Å²) in [6.07, 6.45) is 0.0438. The summed E-state index contributed by atoms with van der Waals surface area (Å²) in [5.74, 6) is -2.11. The molecule has 0 aromatic heterocycles. The van der Waals surface area contributed by atoms with Gasteiger partial charge >= 0.3 is 12.0 Å². The fourth-order valence-electron chi connectivity index (χ4n) is 2.96. The molecule has 8 heteroatoms. The molecule has 8 nitrogen and oxygen atoms in total. The van der Waals surface area contributed by atoms with Gasteiger partial charge in [-0.15, -0.1) is 0 Å². The summed E-state index contributed by atoms with van der Waals surface area (Å²) in [7, 11) is 0. The second-order valence-corrected chi connectivity index (χ2v) is 7.89. The molecule has 1 aromatic carbocycles. The van der Waals surface area contributed by atoms with Crippen molar-refractivity contribution >= 4 is 23.8 Å². The Labute approximate surface area is 164 Å². The number of urea groups is 1. The number of nitrogens with zero attached hydrogens (tertiary/aromatic N) is 1. The van der Waals surface area contributed by atoms with Gasteiger partial charge in [0.25, 0.3) is 5.91 Å². The molecule has 1 fully saturated rings. The molecular formula is C20H27N3O5. The molecule has 0 bridgehead atoms. The van der Waals surface area contributed by atoms with Crippen LogP contribution in [0.15, 0.2) is 30.3 Å². The van der Waals surface area contributed by atoms with Gasteiger partial charge in [0.2, 0.25) is 5.91 Å². The van der Waals surface area contributed by atoms with Gasteiger partial charge in [-0.05, 0) is 33.3 Å². The molecule has 1 aliphatic rings. The summed E-state index contributed by atoms with van der Waals surface area (Å²) in [4.78, 5) is 49.6. The van der Waals surface area contributed by atoms with Crippen molar-refractivity contribution in [3.05, 3.63) is 35.9 Å². The van der Waals surface area contributed by atoms with Crippen LogP contribution in [0.25, 0.3) is 0 Å². The highest BCUT2D eigenvalue weighted by Crippen LogP contribution is 2.28. The second kappa shape index (κ2) is 8.86. The Morgan fingerprint density at radius 2 is 1.86 bits per heavy atom. The fourth-order valence-corrected chi connectivity index (χ4v) is 2.96. The monoisotopic (exact) mass is 389 g/mol. The van der Waals surface area contributed by atoms with Crippen molar-refractivity contribution in [1.82, 2.24) is 15.5 Å². The molecule has 0 aliphatic carbocycles. The van der Waals surface area contributed by atoms with E-state index in [1.165, 1.54) is 0 Å². The lowest BCUT2D eigenvalue weighted by atomic mass is 10.1. The zero-order valence-electron chi connectivity index (χ0n) is 16.7. The van der Waals surface area contributed by atoms with Crippen LogP contribution in [0, 0.1) is 5.92 Å². The van der Waals surface area contributed by atoms with Crippen molar-refractivity contribution in [1.29, 1.82) is 0 Å². The predicted molar refractivity (Wildman–Crippen MR) is 102 cm³/mol. The predicted octanol–water partition coefficient (Wildman–Crippen LogP) is 1.76. The minimum atomic E-state index is -0.728. The molecule has 28 heavy (non-hydrogen) atoms. The van der Waals surface area contributed by atoms with Crippen molar-refractivity contribution in [3.8, 4) is 0 Å². The Morgan fingerprint density at radius 3 is 2.46 bits per heavy atom. The molecule has 0 spiro atoms. The largest absolute Gasteiger partial charge is 0.455 e. The van der Waals surface area contributed by atoms with Crippen LogP contribution < -0.4 is 10.6 Å². The Bertz CT molecular complexity index is 742. The first-order chi connectivity index (χ1) is 13.1. The maximum Gasteiger partial charge on any atom is 0.321 e. The standard InChI is InChI=1S/C20H27N3O5/c1-13(14-8-6-5-7-9-14)23-11-15(10-17(23)25)18(26)28-12-16(24)21-19(27)22-20(2,3)4/h5-9,13,15H,10-12H2,1-4H3,(H2,21,22,24,27)/t13-,15-/m0/s1. The number of ether oxygens (including phenoxy) is 1. The van der Waals surface area contributed by atoms with E-state index in [4.69, 9.17) is 4.74 Å². The van der Waals surface area contributed by atoms with E-state index in [9.17, 15) is 19.2 Å². The van der Waals surface area contributed by atoms with Gasteiger partial charge in [-0.2, -0.15) is 0 Å². The molecule has 1 heterocycles. The zero-order valence-corrected chi connectivity index (χ0v) is 16.7. The number of hydrogen-bond acceptors (Lipinski definition) is 5. The van der Waals surface area contributed by atoms with E-state index >= 15 is 0 Å². The van der Waals surface area contributed by atoms with Crippen LogP contribution in [-0.4, -0.2) is 47.4 Å². The van der Waals surface area contributed by atoms with Gasteiger partial charge in [-0.25, -0.2) is 4.79 Å². The molecule has 0 saturated carbocycles. The summed E-state index contributed by atoms with van der Waals surface area (Å²) < 4.78 is 4.99. The number of rotatable bonds is 5. The summed E-state index contributed by atoms with van der Waals surface area (Å²) in [5, 5.41) is 4.67. The molecule has 1 saturated heterocycles. The van der Waals surface area contributed by atoms with E-state index in [-0.39, 0.29) is 24.9 Å². The van der Waals surface area contributed by atoms with Gasteiger partial charge in [-0.1, -0.05) is 30.3 Å². The van der Waals surface area contributed by atoms with Gasteiger partial charge in [0, 0.05) is 18.5 Å². The number of esters is 1. The highest BCUT2D eigenvalue weighted by atomic mass is 16.5. The normalized spacial score (nSPS) is 17.8. The van der Waals surface area contributed by atoms with Crippen LogP contribution in [0.5, 0.6) is 0 Å². The first-order valence-corrected chi connectivity index (χ1v) is 9.20. The highest BCUT2D eigenvalue weighted by molar-refractivity contribution is 5.96. The van der Waals surface area contributed by atoms with E-state index < -0.39 is 36.0 Å². The van der Waals surface area contributed by atoms with Crippen molar-refractivity contribution < 1.29 is 23.9 Å². The van der Waals surface area contributed by atoms with Gasteiger partial charge in [0.05, 0.1) is 12.0 Å². The van der Waals surface area contributed by atoms with Gasteiger partial charge < -0.3 is 15.0 Å². The van der Waals surface area contributed by atoms with Crippen molar-refractivity contribution in [2.24, 2.45) is 5.92 Å². The third-order valence-electron chi connectivity index (χ3n) is 4.33. The molecule has 2 atom stereocenters. The number of benzene rings is 1. The molecule has 152 valence electrons. The van der Waals surface area contributed by atoms with Crippen molar-refractivity contribution in [2.75, 3.05) is 13.2 Å². The van der Waals surface area contributed by atoms with E-state index in [2.05, 4.69) is 10.6 Å². The molecular weight excluding hydrogens is 362 g/mol. The number of nitrogens with one attached hydrogen (secondary N) is 2. The number of carbonyl (C=O) groups excluding carboxylic acids is 4. The summed E-state index contributed by atoms with van der Waals surface area (Å²) in [6.45, 7) is 6.89. The van der Waals surface area contributed by atoms with Crippen LogP contribution in [0.3, 0.4) is 0 Å². The van der Waals surface area contributed by atoms with E-state index in [1.54, 1.807) is 25.7 Å². The number of amides is 4. The molecule has 0 radical (unpaired) electrons. The van der Waals surface area contributed by atoms with Crippen LogP contribution in [0.1, 0.15) is 45.7 Å². The molecule has 1 aliphatic heterocycles. The van der Waals surface area contributed by atoms with E-state index in [0.29, 0.717) is 0 Å². The average molecular weight is 389 g/mol. The summed E-state index contributed by atoms with van der Waals surface area (Å²) >= 11 is 0. The second-order valence-electron chi connectivity index (χ2n) is 7.89. The minimum Gasteiger partial charge on any atom is -0.455 e. The number of carbonyl (C=O) groups is 4. The lowest BCUT2D eigenvalue weighted by Gasteiger charge is -2.25. The molecule has 0 unspecified atom stereocenters. The molecule has 2 N–H and O–H groups in total. The highest BCUT2D eigenvalue weighted by Gasteiger charge is 2.38. The maximum atomic E-state index is 12.3. The van der Waals surface area contributed by atoms with Gasteiger partial charge in [0.1, 0.15) is 0 Å². The Kier molecular flexibility index (Phi) is 6.77. The Hall–Kier alpha value is -2.90. The Balaban J connectivity index is 1.83. The first kappa shape index (κ1) is 21.4. The molecule has 2 rings (SSSR count). The molecule has 4 amide bonds. The minimum absolute atomic E-state index is 0.0438. The lowest BCUT2D eigenvalue weighted by Crippen LogP contribution is -2.49. The fraction of sp³-hybridized carbons (Fsp3) is 0.500. The summed E-state index contributed by atoms with van der Waals surface area (Å²) in [6, 6.07) is 8.73. The van der Waals surface area contributed by atoms with E-state index in [1.807, 2.05) is 37.3 Å². The van der Waals surface area contributed by atoms with Gasteiger partial charge in [0.15, 0.2) is 6.61 Å². The summed E-state index contributed by atoms with van der Waals surface area (Å²) in [5.41, 5.74) is 0.485. The van der Waals surface area contributed by atoms with Crippen molar-refractivity contribution in [3.63, 3.8) is 0 Å². The quantitative estimate of drug-likeness (QED) is 0.747. The average Bonchev–Trinajstić information content (AvgIpc) is 3.00. The first-order valence-electron chi connectivity index (χ1n) is 9.20. The van der Waals surface area contributed by atoms with Crippen LogP contribution in [0.4, 0.5) is 4.79 Å². The third-order valence-corrected chi connectivity index (χ3v) is 4.33. The Morgan fingerprint density at radius 1 is 1.21 bits per heavy atom. The third kappa shape index (κ3) is 6.07. The van der Waals surface area contributed by atoms with Crippen molar-refractivity contribution in [2.45, 2.75) is 45.7 Å². The van der Waals surface area contributed by atoms with Crippen LogP contribution >= 0.6 is 0 Å². The zero-order chi connectivity index (χ0) is 20.9. The van der Waals surface area contributed by atoms with E-state index in [0.717, 1.165) is 5.56 Å². The van der Waals surface area contributed by atoms with Gasteiger partial charge in [-0.3, -0.25) is 19.7 Å². The van der Waals surface area contributed by atoms with Crippen LogP contribution in [0.2, 0.25) is 0 Å². The SMILES string of the molecule is C[C@@H](c1ccccc1)N1C[C@@H](C(=O)OCC(=O)NC(=O)NC(C)(C)C)CC1=O. The smallest absolute Gasteiger partial charge is 0.321 e. The molecule has 1 aromatic rings. The number of imide groups is 1. The maximum absolute atomic E-state index is 12.3. The number of hydrogen-bond donors (Lipinski definition) is 2.